The molecule has 1 amide bonds. The fourth-order valence-corrected chi connectivity index (χ4v) is 2.48. The Morgan fingerprint density at radius 1 is 1.26 bits per heavy atom. The van der Waals surface area contributed by atoms with Crippen LogP contribution >= 0.6 is 50.1 Å². The Kier molecular flexibility index (Phi) is 4.81. The van der Waals surface area contributed by atoms with Gasteiger partial charge in [-0.2, -0.15) is 0 Å². The Labute approximate surface area is 136 Å². The van der Waals surface area contributed by atoms with Crippen LogP contribution in [0.2, 0.25) is 5.02 Å². The Hall–Kier alpha value is -0.660. The molecule has 0 fully saturated rings. The number of benzene rings is 2. The summed E-state index contributed by atoms with van der Waals surface area (Å²) in [7, 11) is 0. The number of anilines is 1. The van der Waals surface area contributed by atoms with Gasteiger partial charge in [0.05, 0.1) is 16.3 Å². The number of carbonyl (C=O) groups is 1. The molecule has 0 radical (unpaired) electrons. The first kappa shape index (κ1) is 14.7. The third kappa shape index (κ3) is 3.67. The van der Waals surface area contributed by atoms with Crippen molar-refractivity contribution in [2.24, 2.45) is 0 Å². The lowest BCUT2D eigenvalue weighted by molar-refractivity contribution is 0.102. The van der Waals surface area contributed by atoms with Crippen molar-refractivity contribution >= 4 is 61.7 Å². The number of carbonyl (C=O) groups excluding carboxylic acids is 1. The molecule has 0 aliphatic rings. The van der Waals surface area contributed by atoms with Gasteiger partial charge in [-0.15, -0.1) is 0 Å². The van der Waals surface area contributed by atoms with Crippen LogP contribution in [0.1, 0.15) is 10.4 Å². The molecular formula is C13H7BrClFINO. The predicted molar refractivity (Wildman–Crippen MR) is 86.2 cm³/mol. The highest BCUT2D eigenvalue weighted by atomic mass is 127. The Morgan fingerprint density at radius 2 is 2.00 bits per heavy atom. The molecule has 0 saturated carbocycles. The summed E-state index contributed by atoms with van der Waals surface area (Å²) in [5, 5.41) is 2.83. The quantitative estimate of drug-likeness (QED) is 0.629. The van der Waals surface area contributed by atoms with E-state index >= 15 is 0 Å². The molecule has 19 heavy (non-hydrogen) atoms. The summed E-state index contributed by atoms with van der Waals surface area (Å²) in [6.07, 6.45) is 0. The lowest BCUT2D eigenvalue weighted by Crippen LogP contribution is -2.13. The van der Waals surface area contributed by atoms with E-state index in [4.69, 9.17) is 11.6 Å². The molecule has 0 atom stereocenters. The average Bonchev–Trinajstić information content (AvgIpc) is 2.35. The zero-order valence-electron chi connectivity index (χ0n) is 9.38. The number of nitrogens with one attached hydrogen (secondary N) is 1. The summed E-state index contributed by atoms with van der Waals surface area (Å²) >= 11 is 11.2. The molecule has 0 saturated heterocycles. The van der Waals surface area contributed by atoms with Crippen LogP contribution in [0.15, 0.2) is 40.9 Å². The third-order valence-corrected chi connectivity index (χ3v) is 3.85. The number of hydrogen-bond donors (Lipinski definition) is 1. The summed E-state index contributed by atoms with van der Waals surface area (Å²) < 4.78 is 15.1. The van der Waals surface area contributed by atoms with E-state index in [9.17, 15) is 9.18 Å². The maximum atomic E-state index is 13.6. The van der Waals surface area contributed by atoms with Crippen molar-refractivity contribution in [2.75, 3.05) is 5.32 Å². The molecule has 0 aromatic heterocycles. The van der Waals surface area contributed by atoms with Crippen molar-refractivity contribution in [3.05, 3.63) is 60.8 Å². The van der Waals surface area contributed by atoms with Gasteiger partial charge in [-0.3, -0.25) is 4.79 Å². The molecule has 0 aliphatic carbocycles. The molecule has 0 spiro atoms. The van der Waals surface area contributed by atoms with Gasteiger partial charge in [-0.25, -0.2) is 4.39 Å². The topological polar surface area (TPSA) is 29.1 Å². The molecule has 6 heteroatoms. The van der Waals surface area contributed by atoms with E-state index in [2.05, 4.69) is 43.8 Å². The molecule has 2 rings (SSSR count). The van der Waals surface area contributed by atoms with Crippen molar-refractivity contribution in [1.82, 2.24) is 0 Å². The van der Waals surface area contributed by atoms with Crippen molar-refractivity contribution in [2.45, 2.75) is 0 Å². The molecule has 0 aliphatic heterocycles. The maximum absolute atomic E-state index is 13.6. The summed E-state index contributed by atoms with van der Waals surface area (Å²) in [6, 6.07) is 9.49. The van der Waals surface area contributed by atoms with E-state index in [1.165, 1.54) is 12.1 Å². The average molecular weight is 454 g/mol. The smallest absolute Gasteiger partial charge is 0.257 e. The van der Waals surface area contributed by atoms with Crippen LogP contribution in [-0.2, 0) is 0 Å². The second-order valence-corrected chi connectivity index (χ2v) is 6.27. The summed E-state index contributed by atoms with van der Waals surface area (Å²) in [6.45, 7) is 0. The second kappa shape index (κ2) is 6.19. The summed E-state index contributed by atoms with van der Waals surface area (Å²) in [4.78, 5) is 12.0. The van der Waals surface area contributed by atoms with E-state index in [1.54, 1.807) is 24.3 Å². The van der Waals surface area contributed by atoms with Gasteiger partial charge in [0.15, 0.2) is 0 Å². The van der Waals surface area contributed by atoms with E-state index in [1.807, 2.05) is 0 Å². The van der Waals surface area contributed by atoms with Crippen LogP contribution in [0.4, 0.5) is 10.1 Å². The lowest BCUT2D eigenvalue weighted by atomic mass is 10.2. The first-order chi connectivity index (χ1) is 8.97. The van der Waals surface area contributed by atoms with Crippen LogP contribution < -0.4 is 5.32 Å². The minimum Gasteiger partial charge on any atom is -0.319 e. The Balaban J connectivity index is 2.28. The second-order valence-electron chi connectivity index (χ2n) is 3.70. The molecule has 98 valence electrons. The number of halogens is 4. The fourth-order valence-electron chi connectivity index (χ4n) is 1.45. The van der Waals surface area contributed by atoms with E-state index < -0.39 is 11.7 Å². The lowest BCUT2D eigenvalue weighted by Gasteiger charge is -2.08. The van der Waals surface area contributed by atoms with Gasteiger partial charge in [-0.1, -0.05) is 27.5 Å². The predicted octanol–water partition coefficient (Wildman–Crippen LogP) is 5.10. The van der Waals surface area contributed by atoms with Crippen LogP contribution in [0.25, 0.3) is 0 Å². The number of amides is 1. The molecule has 0 unspecified atom stereocenters. The van der Waals surface area contributed by atoms with Crippen molar-refractivity contribution < 1.29 is 9.18 Å². The first-order valence-electron chi connectivity index (χ1n) is 5.19. The maximum Gasteiger partial charge on any atom is 0.257 e. The van der Waals surface area contributed by atoms with Crippen LogP contribution in [0, 0.1) is 9.39 Å². The highest BCUT2D eigenvalue weighted by Gasteiger charge is 2.13. The summed E-state index contributed by atoms with van der Waals surface area (Å²) in [5.41, 5.74) is 0.430. The fraction of sp³-hybridized carbons (Fsp3) is 0. The van der Waals surface area contributed by atoms with Crippen molar-refractivity contribution in [3.63, 3.8) is 0 Å². The SMILES string of the molecule is O=C(Nc1ccc(Br)cc1F)c1cc(I)ccc1Cl. The first-order valence-corrected chi connectivity index (χ1v) is 7.44. The number of hydrogen-bond acceptors (Lipinski definition) is 1. The zero-order chi connectivity index (χ0) is 14.0. The molecule has 2 nitrogen and oxygen atoms in total. The van der Waals surface area contributed by atoms with Crippen molar-refractivity contribution in [3.8, 4) is 0 Å². The zero-order valence-corrected chi connectivity index (χ0v) is 13.9. The van der Waals surface area contributed by atoms with Gasteiger partial charge in [0.2, 0.25) is 0 Å². The normalized spacial score (nSPS) is 10.3. The van der Waals surface area contributed by atoms with Gasteiger partial charge in [0.25, 0.3) is 5.91 Å². The van der Waals surface area contributed by atoms with Gasteiger partial charge in [0, 0.05) is 8.04 Å². The van der Waals surface area contributed by atoms with Crippen LogP contribution in [0.3, 0.4) is 0 Å². The van der Waals surface area contributed by atoms with Gasteiger partial charge in [-0.05, 0) is 59.0 Å². The van der Waals surface area contributed by atoms with E-state index in [-0.39, 0.29) is 5.69 Å². The van der Waals surface area contributed by atoms with Crippen molar-refractivity contribution in [1.29, 1.82) is 0 Å². The van der Waals surface area contributed by atoms with E-state index in [0.717, 1.165) is 3.57 Å². The van der Waals surface area contributed by atoms with Crippen LogP contribution in [0.5, 0.6) is 0 Å². The molecule has 0 heterocycles. The third-order valence-electron chi connectivity index (χ3n) is 2.35. The highest BCUT2D eigenvalue weighted by Crippen LogP contribution is 2.23. The number of rotatable bonds is 2. The van der Waals surface area contributed by atoms with E-state index in [0.29, 0.717) is 15.1 Å². The highest BCUT2D eigenvalue weighted by molar-refractivity contribution is 14.1. The molecular weight excluding hydrogens is 447 g/mol. The standard InChI is InChI=1S/C13H7BrClFINO/c14-7-1-4-12(11(16)5-7)18-13(19)9-6-8(17)2-3-10(9)15/h1-6H,(H,18,19). The molecule has 0 bridgehead atoms. The van der Waals surface area contributed by atoms with Gasteiger partial charge >= 0.3 is 0 Å². The Bertz CT molecular complexity index is 651. The van der Waals surface area contributed by atoms with Crippen LogP contribution in [-0.4, -0.2) is 5.91 Å². The van der Waals surface area contributed by atoms with Gasteiger partial charge < -0.3 is 5.32 Å². The summed E-state index contributed by atoms with van der Waals surface area (Å²) in [5.74, 6) is -0.950. The molecule has 2 aromatic rings. The Morgan fingerprint density at radius 3 is 2.68 bits per heavy atom. The minimum absolute atomic E-state index is 0.114. The molecule has 1 N–H and O–H groups in total. The minimum atomic E-state index is -0.510. The van der Waals surface area contributed by atoms with Gasteiger partial charge in [0.1, 0.15) is 5.82 Å². The monoisotopic (exact) mass is 453 g/mol. The molecule has 2 aromatic carbocycles. The largest absolute Gasteiger partial charge is 0.319 e.